The summed E-state index contributed by atoms with van der Waals surface area (Å²) in [6.45, 7) is 1.67. The molecule has 0 saturated heterocycles. The fourth-order valence-electron chi connectivity index (χ4n) is 2.30. The van der Waals surface area contributed by atoms with Gasteiger partial charge in [-0.2, -0.15) is 0 Å². The van der Waals surface area contributed by atoms with Gasteiger partial charge in [-0.15, -0.1) is 0 Å². The number of rotatable bonds is 7. The fourth-order valence-corrected chi connectivity index (χ4v) is 2.46. The molecule has 0 bridgehead atoms. The second-order valence-electron chi connectivity index (χ2n) is 5.43. The molecule has 0 aliphatic rings. The van der Waals surface area contributed by atoms with E-state index in [2.05, 4.69) is 10.1 Å². The predicted molar refractivity (Wildman–Crippen MR) is 105 cm³/mol. The van der Waals surface area contributed by atoms with Crippen molar-refractivity contribution in [2.75, 3.05) is 26.1 Å². The molecular weight excluding hydrogens is 370 g/mol. The lowest BCUT2D eigenvalue weighted by molar-refractivity contribution is -0.118. The van der Waals surface area contributed by atoms with Crippen molar-refractivity contribution >= 4 is 35.2 Å². The highest BCUT2D eigenvalue weighted by molar-refractivity contribution is 6.33. The van der Waals surface area contributed by atoms with Gasteiger partial charge in [-0.3, -0.25) is 4.79 Å². The number of carbonyl (C=O) groups is 2. The SMILES string of the molecule is C/C=C/c1ccc(OCC(=O)Nc2cc(C(=O)OC)ccc2Cl)c(OC)c1. The van der Waals surface area contributed by atoms with E-state index in [0.29, 0.717) is 22.2 Å². The van der Waals surface area contributed by atoms with Crippen LogP contribution in [0, 0.1) is 0 Å². The van der Waals surface area contributed by atoms with Gasteiger partial charge in [-0.05, 0) is 42.8 Å². The third kappa shape index (κ3) is 5.49. The third-order valence-corrected chi connectivity index (χ3v) is 3.90. The summed E-state index contributed by atoms with van der Waals surface area (Å²) in [4.78, 5) is 23.8. The first kappa shape index (κ1) is 20.3. The number of anilines is 1. The summed E-state index contributed by atoms with van der Waals surface area (Å²) >= 11 is 6.07. The van der Waals surface area contributed by atoms with Crippen molar-refractivity contribution in [3.63, 3.8) is 0 Å². The van der Waals surface area contributed by atoms with Crippen LogP contribution in [0.4, 0.5) is 5.69 Å². The van der Waals surface area contributed by atoms with Crippen LogP contribution < -0.4 is 14.8 Å². The van der Waals surface area contributed by atoms with E-state index >= 15 is 0 Å². The van der Waals surface area contributed by atoms with Gasteiger partial charge in [-0.1, -0.05) is 29.8 Å². The van der Waals surface area contributed by atoms with Gasteiger partial charge >= 0.3 is 5.97 Å². The Bertz CT molecular complexity index is 863. The van der Waals surface area contributed by atoms with Crippen molar-refractivity contribution < 1.29 is 23.8 Å². The van der Waals surface area contributed by atoms with Gasteiger partial charge in [0.2, 0.25) is 0 Å². The number of hydrogen-bond acceptors (Lipinski definition) is 5. The lowest BCUT2D eigenvalue weighted by Gasteiger charge is -2.12. The highest BCUT2D eigenvalue weighted by Gasteiger charge is 2.13. The lowest BCUT2D eigenvalue weighted by atomic mass is 10.2. The van der Waals surface area contributed by atoms with Gasteiger partial charge < -0.3 is 19.5 Å². The van der Waals surface area contributed by atoms with Gasteiger partial charge in [0.15, 0.2) is 18.1 Å². The molecule has 0 aliphatic heterocycles. The number of carbonyl (C=O) groups excluding carboxylic acids is 2. The molecule has 0 unspecified atom stereocenters. The van der Waals surface area contributed by atoms with Crippen LogP contribution in [0.15, 0.2) is 42.5 Å². The average molecular weight is 390 g/mol. The maximum Gasteiger partial charge on any atom is 0.337 e. The zero-order valence-electron chi connectivity index (χ0n) is 15.2. The molecule has 0 fully saturated rings. The van der Waals surface area contributed by atoms with Crippen LogP contribution in [0.25, 0.3) is 6.08 Å². The smallest absolute Gasteiger partial charge is 0.337 e. The summed E-state index contributed by atoms with van der Waals surface area (Å²) in [7, 11) is 2.80. The molecule has 0 saturated carbocycles. The Morgan fingerprint density at radius 1 is 1.11 bits per heavy atom. The second kappa shape index (κ2) is 9.64. The number of ether oxygens (including phenoxy) is 3. The number of nitrogens with one attached hydrogen (secondary N) is 1. The van der Waals surface area contributed by atoms with Crippen LogP contribution in [0.3, 0.4) is 0 Å². The molecule has 142 valence electrons. The van der Waals surface area contributed by atoms with Gasteiger partial charge in [0.25, 0.3) is 5.91 Å². The summed E-state index contributed by atoms with van der Waals surface area (Å²) < 4.78 is 15.5. The van der Waals surface area contributed by atoms with Gasteiger partial charge in [0.05, 0.1) is 30.5 Å². The molecule has 0 aliphatic carbocycles. The fraction of sp³-hybridized carbons (Fsp3) is 0.200. The van der Waals surface area contributed by atoms with Crippen LogP contribution >= 0.6 is 11.6 Å². The summed E-state index contributed by atoms with van der Waals surface area (Å²) in [6.07, 6.45) is 3.84. The van der Waals surface area contributed by atoms with E-state index in [0.717, 1.165) is 5.56 Å². The van der Waals surface area contributed by atoms with Crippen molar-refractivity contribution in [2.45, 2.75) is 6.92 Å². The quantitative estimate of drug-likeness (QED) is 0.719. The normalized spacial score (nSPS) is 10.5. The summed E-state index contributed by atoms with van der Waals surface area (Å²) in [6, 6.07) is 9.85. The van der Waals surface area contributed by atoms with Gasteiger partial charge in [-0.25, -0.2) is 4.79 Å². The Morgan fingerprint density at radius 3 is 2.56 bits per heavy atom. The van der Waals surface area contributed by atoms with E-state index in [1.165, 1.54) is 32.4 Å². The first-order valence-corrected chi connectivity index (χ1v) is 8.47. The Hall–Kier alpha value is -2.99. The number of hydrogen-bond donors (Lipinski definition) is 1. The standard InChI is InChI=1S/C20H20ClNO5/c1-4-5-13-6-9-17(18(10-13)25-2)27-12-19(23)22-16-11-14(20(24)26-3)7-8-15(16)21/h4-11H,12H2,1-3H3,(H,22,23)/b5-4+. The van der Waals surface area contributed by atoms with Crippen LogP contribution in [0.1, 0.15) is 22.8 Å². The predicted octanol–water partition coefficient (Wildman–Crippen LogP) is 4.19. The van der Waals surface area contributed by atoms with Crippen LogP contribution in [0.2, 0.25) is 5.02 Å². The Balaban J connectivity index is 2.06. The zero-order chi connectivity index (χ0) is 19.8. The molecular formula is C20H20ClNO5. The van der Waals surface area contributed by atoms with E-state index in [9.17, 15) is 9.59 Å². The summed E-state index contributed by atoms with van der Waals surface area (Å²) in [5.41, 5.74) is 1.53. The third-order valence-electron chi connectivity index (χ3n) is 3.57. The summed E-state index contributed by atoms with van der Waals surface area (Å²) in [5, 5.41) is 2.91. The number of allylic oxidation sites excluding steroid dienone is 1. The van der Waals surface area contributed by atoms with Crippen molar-refractivity contribution in [3.8, 4) is 11.5 Å². The molecule has 1 amide bonds. The highest BCUT2D eigenvalue weighted by Crippen LogP contribution is 2.29. The largest absolute Gasteiger partial charge is 0.493 e. The molecule has 0 spiro atoms. The Kier molecular flexibility index (Phi) is 7.25. The van der Waals surface area contributed by atoms with E-state index in [-0.39, 0.29) is 12.2 Å². The molecule has 7 heteroatoms. The molecule has 27 heavy (non-hydrogen) atoms. The number of benzene rings is 2. The molecule has 6 nitrogen and oxygen atoms in total. The average Bonchev–Trinajstić information content (AvgIpc) is 2.68. The van der Waals surface area contributed by atoms with E-state index in [1.54, 1.807) is 6.07 Å². The molecule has 0 aromatic heterocycles. The monoisotopic (exact) mass is 389 g/mol. The van der Waals surface area contributed by atoms with Crippen LogP contribution in [-0.2, 0) is 9.53 Å². The second-order valence-corrected chi connectivity index (χ2v) is 5.84. The number of halogens is 1. The number of esters is 1. The molecule has 2 rings (SSSR count). The lowest BCUT2D eigenvalue weighted by Crippen LogP contribution is -2.20. The molecule has 0 radical (unpaired) electrons. The minimum absolute atomic E-state index is 0.252. The topological polar surface area (TPSA) is 73.9 Å². The minimum atomic E-state index is -0.524. The van der Waals surface area contributed by atoms with Crippen LogP contribution in [-0.4, -0.2) is 32.7 Å². The molecule has 2 aromatic rings. The first-order chi connectivity index (χ1) is 13.0. The maximum atomic E-state index is 12.2. The number of amides is 1. The van der Waals surface area contributed by atoms with E-state index in [4.69, 9.17) is 21.1 Å². The van der Waals surface area contributed by atoms with Crippen molar-refractivity contribution in [1.29, 1.82) is 0 Å². The van der Waals surface area contributed by atoms with Crippen LogP contribution in [0.5, 0.6) is 11.5 Å². The Labute approximate surface area is 162 Å². The molecule has 1 N–H and O–H groups in total. The van der Waals surface area contributed by atoms with Crippen molar-refractivity contribution in [1.82, 2.24) is 0 Å². The number of methoxy groups -OCH3 is 2. The first-order valence-electron chi connectivity index (χ1n) is 8.09. The minimum Gasteiger partial charge on any atom is -0.493 e. The van der Waals surface area contributed by atoms with Gasteiger partial charge in [0, 0.05) is 0 Å². The summed E-state index contributed by atoms with van der Waals surface area (Å²) in [5.74, 6) is 0.00213. The molecule has 0 atom stereocenters. The van der Waals surface area contributed by atoms with Gasteiger partial charge in [0.1, 0.15) is 0 Å². The molecule has 0 heterocycles. The zero-order valence-corrected chi connectivity index (χ0v) is 16.0. The van der Waals surface area contributed by atoms with Crippen molar-refractivity contribution in [2.24, 2.45) is 0 Å². The Morgan fingerprint density at radius 2 is 1.89 bits per heavy atom. The van der Waals surface area contributed by atoms with E-state index < -0.39 is 11.9 Å². The maximum absolute atomic E-state index is 12.2. The molecule has 2 aromatic carbocycles. The van der Waals surface area contributed by atoms with E-state index in [1.807, 2.05) is 31.2 Å². The highest BCUT2D eigenvalue weighted by atomic mass is 35.5. The van der Waals surface area contributed by atoms with Crippen molar-refractivity contribution in [3.05, 3.63) is 58.6 Å².